The van der Waals surface area contributed by atoms with Crippen LogP contribution in [0, 0.1) is 11.8 Å². The molecule has 1 aliphatic heterocycles. The van der Waals surface area contributed by atoms with Gasteiger partial charge in [0, 0.05) is 37.3 Å². The maximum atomic E-state index is 5.68. The molecule has 1 fully saturated rings. The quantitative estimate of drug-likeness (QED) is 0.797. The van der Waals surface area contributed by atoms with Gasteiger partial charge in [0.15, 0.2) is 0 Å². The number of hydrogen-bond acceptors (Lipinski definition) is 2. The number of halogens is 1. The van der Waals surface area contributed by atoms with E-state index in [9.17, 15) is 0 Å². The van der Waals surface area contributed by atoms with E-state index < -0.39 is 0 Å². The van der Waals surface area contributed by atoms with Crippen LogP contribution in [0.4, 0.5) is 0 Å². The van der Waals surface area contributed by atoms with E-state index in [0.717, 1.165) is 31.5 Å². The van der Waals surface area contributed by atoms with E-state index in [0.29, 0.717) is 12.1 Å². The highest BCUT2D eigenvalue weighted by Gasteiger charge is 2.30. The molecule has 0 amide bonds. The van der Waals surface area contributed by atoms with Crippen LogP contribution in [0.2, 0.25) is 0 Å². The third-order valence-corrected chi connectivity index (χ3v) is 4.20. The zero-order valence-corrected chi connectivity index (χ0v) is 13.1. The van der Waals surface area contributed by atoms with Gasteiger partial charge in [-0.05, 0) is 18.3 Å². The zero-order chi connectivity index (χ0) is 13.5. The van der Waals surface area contributed by atoms with Gasteiger partial charge in [0.05, 0.1) is 0 Å². The predicted molar refractivity (Wildman–Crippen MR) is 81.1 cm³/mol. The lowest BCUT2D eigenvalue weighted by atomic mass is 9.92. The minimum atomic E-state index is 0.633. The van der Waals surface area contributed by atoms with Crippen LogP contribution >= 0.6 is 11.6 Å². The first kappa shape index (κ1) is 16.0. The summed E-state index contributed by atoms with van der Waals surface area (Å²) in [7, 11) is 0. The molecular formula is C15H29ClN2. The number of nitrogens with zero attached hydrogens (tertiary/aromatic N) is 1. The summed E-state index contributed by atoms with van der Waals surface area (Å²) in [6.45, 7) is 12.5. The number of piperazine rings is 1. The molecule has 0 aromatic rings. The third kappa shape index (κ3) is 4.91. The van der Waals surface area contributed by atoms with Crippen LogP contribution in [0.25, 0.3) is 0 Å². The van der Waals surface area contributed by atoms with Crippen molar-refractivity contribution in [3.63, 3.8) is 0 Å². The normalized spacial score (nSPS) is 28.1. The summed E-state index contributed by atoms with van der Waals surface area (Å²) in [6.07, 6.45) is 4.56. The van der Waals surface area contributed by atoms with Gasteiger partial charge in [0.2, 0.25) is 0 Å². The third-order valence-electron chi connectivity index (χ3n) is 4.03. The van der Waals surface area contributed by atoms with Crippen LogP contribution < -0.4 is 5.32 Å². The summed E-state index contributed by atoms with van der Waals surface area (Å²) in [4.78, 5) is 2.59. The van der Waals surface area contributed by atoms with Crippen LogP contribution in [-0.2, 0) is 0 Å². The summed E-state index contributed by atoms with van der Waals surface area (Å²) in [6, 6.07) is 1.28. The molecule has 1 aliphatic rings. The molecule has 0 aliphatic carbocycles. The van der Waals surface area contributed by atoms with E-state index in [1.807, 2.05) is 0 Å². The SMILES string of the molecule is CCC(C)C1CNC(CC(C)C)CN1C/C=C/Cl. The van der Waals surface area contributed by atoms with Gasteiger partial charge < -0.3 is 5.32 Å². The van der Waals surface area contributed by atoms with E-state index in [4.69, 9.17) is 11.6 Å². The molecular weight excluding hydrogens is 244 g/mol. The van der Waals surface area contributed by atoms with E-state index >= 15 is 0 Å². The van der Waals surface area contributed by atoms with Crippen molar-refractivity contribution in [2.45, 2.75) is 52.6 Å². The molecule has 0 bridgehead atoms. The maximum Gasteiger partial charge on any atom is 0.0250 e. The molecule has 3 atom stereocenters. The smallest absolute Gasteiger partial charge is 0.0250 e. The van der Waals surface area contributed by atoms with E-state index in [-0.39, 0.29) is 0 Å². The molecule has 1 saturated heterocycles. The van der Waals surface area contributed by atoms with Gasteiger partial charge in [-0.25, -0.2) is 0 Å². The molecule has 0 aromatic heterocycles. The Morgan fingerprint density at radius 3 is 2.67 bits per heavy atom. The van der Waals surface area contributed by atoms with E-state index in [2.05, 4.69) is 44.0 Å². The topological polar surface area (TPSA) is 15.3 Å². The molecule has 0 saturated carbocycles. The molecule has 0 spiro atoms. The molecule has 1 rings (SSSR count). The molecule has 18 heavy (non-hydrogen) atoms. The first-order chi connectivity index (χ1) is 8.58. The van der Waals surface area contributed by atoms with Gasteiger partial charge in [0.25, 0.3) is 0 Å². The fourth-order valence-electron chi connectivity index (χ4n) is 2.84. The molecule has 0 radical (unpaired) electrons. The second kappa shape index (κ2) is 8.19. The Bertz CT molecular complexity index is 253. The second-order valence-electron chi connectivity index (χ2n) is 6.00. The summed E-state index contributed by atoms with van der Waals surface area (Å²) in [5.74, 6) is 1.49. The van der Waals surface area contributed by atoms with Crippen molar-refractivity contribution in [1.82, 2.24) is 10.2 Å². The summed E-state index contributed by atoms with van der Waals surface area (Å²) in [5, 5.41) is 3.72. The van der Waals surface area contributed by atoms with Gasteiger partial charge in [-0.2, -0.15) is 0 Å². The molecule has 3 heteroatoms. The van der Waals surface area contributed by atoms with Gasteiger partial charge in [-0.3, -0.25) is 4.90 Å². The standard InChI is InChI=1S/C15H29ClN2/c1-5-13(4)15-10-17-14(9-12(2)3)11-18(15)8-6-7-16/h6-7,12-15,17H,5,8-11H2,1-4H3/b7-6+. The first-order valence-electron chi connectivity index (χ1n) is 7.31. The molecule has 1 N–H and O–H groups in total. The summed E-state index contributed by atoms with van der Waals surface area (Å²) < 4.78 is 0. The molecule has 0 aromatic carbocycles. The van der Waals surface area contributed by atoms with Gasteiger partial charge in [-0.1, -0.05) is 51.8 Å². The van der Waals surface area contributed by atoms with E-state index in [1.165, 1.54) is 12.8 Å². The summed E-state index contributed by atoms with van der Waals surface area (Å²) >= 11 is 5.68. The maximum absolute atomic E-state index is 5.68. The lowest BCUT2D eigenvalue weighted by Gasteiger charge is -2.43. The van der Waals surface area contributed by atoms with E-state index in [1.54, 1.807) is 5.54 Å². The minimum Gasteiger partial charge on any atom is -0.311 e. The Morgan fingerprint density at radius 1 is 1.39 bits per heavy atom. The fraction of sp³-hybridized carbons (Fsp3) is 0.867. The van der Waals surface area contributed by atoms with Crippen molar-refractivity contribution >= 4 is 11.6 Å². The highest BCUT2D eigenvalue weighted by atomic mass is 35.5. The Balaban J connectivity index is 2.60. The Labute approximate surface area is 118 Å². The predicted octanol–water partition coefficient (Wildman–Crippen LogP) is 3.47. The average molecular weight is 273 g/mol. The van der Waals surface area contributed by atoms with Crippen molar-refractivity contribution in [2.75, 3.05) is 19.6 Å². The van der Waals surface area contributed by atoms with Crippen LogP contribution in [0.5, 0.6) is 0 Å². The Morgan fingerprint density at radius 2 is 2.11 bits per heavy atom. The molecule has 106 valence electrons. The van der Waals surface area contributed by atoms with Crippen molar-refractivity contribution in [3.8, 4) is 0 Å². The first-order valence-corrected chi connectivity index (χ1v) is 7.74. The Hall–Kier alpha value is -0.0500. The largest absolute Gasteiger partial charge is 0.311 e. The minimum absolute atomic E-state index is 0.633. The highest BCUT2D eigenvalue weighted by molar-refractivity contribution is 6.25. The summed E-state index contributed by atoms with van der Waals surface area (Å²) in [5.41, 5.74) is 1.65. The molecule has 1 heterocycles. The average Bonchev–Trinajstić information content (AvgIpc) is 2.35. The van der Waals surface area contributed by atoms with Gasteiger partial charge in [-0.15, -0.1) is 0 Å². The highest BCUT2D eigenvalue weighted by Crippen LogP contribution is 2.20. The van der Waals surface area contributed by atoms with Gasteiger partial charge >= 0.3 is 0 Å². The second-order valence-corrected chi connectivity index (χ2v) is 6.26. The lowest BCUT2D eigenvalue weighted by molar-refractivity contribution is 0.0974. The van der Waals surface area contributed by atoms with Crippen molar-refractivity contribution in [1.29, 1.82) is 0 Å². The Kier molecular flexibility index (Phi) is 7.28. The van der Waals surface area contributed by atoms with Crippen LogP contribution in [0.15, 0.2) is 11.6 Å². The van der Waals surface area contributed by atoms with Gasteiger partial charge in [0.1, 0.15) is 0 Å². The number of nitrogens with one attached hydrogen (secondary N) is 1. The monoisotopic (exact) mass is 272 g/mol. The zero-order valence-electron chi connectivity index (χ0n) is 12.3. The molecule has 2 nitrogen and oxygen atoms in total. The van der Waals surface area contributed by atoms with Crippen molar-refractivity contribution < 1.29 is 0 Å². The number of rotatable bonds is 6. The van der Waals surface area contributed by atoms with Crippen LogP contribution in [-0.4, -0.2) is 36.6 Å². The molecule has 3 unspecified atom stereocenters. The van der Waals surface area contributed by atoms with Crippen molar-refractivity contribution in [2.24, 2.45) is 11.8 Å². The van der Waals surface area contributed by atoms with Crippen molar-refractivity contribution in [3.05, 3.63) is 11.6 Å². The lowest BCUT2D eigenvalue weighted by Crippen LogP contribution is -2.58. The van der Waals surface area contributed by atoms with Crippen LogP contribution in [0.3, 0.4) is 0 Å². The number of hydrogen-bond donors (Lipinski definition) is 1. The van der Waals surface area contributed by atoms with Crippen LogP contribution in [0.1, 0.15) is 40.5 Å². The fourth-order valence-corrected chi connectivity index (χ4v) is 2.92.